The van der Waals surface area contributed by atoms with E-state index in [-0.39, 0.29) is 4.90 Å². The van der Waals surface area contributed by atoms with Gasteiger partial charge in [0, 0.05) is 11.8 Å². The predicted molar refractivity (Wildman–Crippen MR) is 73.9 cm³/mol. The lowest BCUT2D eigenvalue weighted by molar-refractivity contribution is 0.568. The largest absolute Gasteiger partial charge is 0.423 e. The molecule has 21 heavy (non-hydrogen) atoms. The molecule has 0 saturated heterocycles. The molecule has 2 heterocycles. The summed E-state index contributed by atoms with van der Waals surface area (Å²) in [5, 5.41) is 13.5. The molecule has 0 spiro atoms. The highest BCUT2D eigenvalue weighted by atomic mass is 32.2. The van der Waals surface area contributed by atoms with Gasteiger partial charge in [0.25, 0.3) is 10.0 Å². The second-order valence-corrected chi connectivity index (χ2v) is 6.00. The number of nitrogens with zero attached hydrogens (tertiary/aromatic N) is 3. The minimum atomic E-state index is -3.69. The van der Waals surface area contributed by atoms with Crippen molar-refractivity contribution < 1.29 is 12.8 Å². The monoisotopic (exact) mass is 305 g/mol. The van der Waals surface area contributed by atoms with E-state index in [9.17, 15) is 8.42 Å². The quantitative estimate of drug-likeness (QED) is 0.756. The Morgan fingerprint density at radius 1 is 1.33 bits per heavy atom. The molecule has 2 aromatic heterocycles. The molecule has 1 aromatic carbocycles. The van der Waals surface area contributed by atoms with E-state index in [1.54, 1.807) is 25.1 Å². The summed E-state index contributed by atoms with van der Waals surface area (Å²) in [4.78, 5) is 0.0603. The van der Waals surface area contributed by atoms with Gasteiger partial charge < -0.3 is 4.42 Å². The Balaban J connectivity index is 1.97. The van der Waals surface area contributed by atoms with Gasteiger partial charge in [0.2, 0.25) is 12.3 Å². The molecule has 0 aliphatic heterocycles. The molecule has 0 bridgehead atoms. The Hall–Kier alpha value is -2.68. The number of anilines is 1. The molecule has 0 saturated carbocycles. The molecule has 0 fully saturated rings. The SMILES string of the molecule is Cc1ccc(-c2nnco2)cc1NS(=O)(=O)c1cn[nH]c1. The Morgan fingerprint density at radius 2 is 2.19 bits per heavy atom. The van der Waals surface area contributed by atoms with Crippen LogP contribution in [0.3, 0.4) is 0 Å². The normalized spacial score (nSPS) is 11.5. The first-order valence-electron chi connectivity index (χ1n) is 5.95. The standard InChI is InChI=1S/C12H11N5O3S/c1-8-2-3-9(12-16-15-7-20-12)4-11(8)17-21(18,19)10-5-13-14-6-10/h2-7,17H,1H3,(H,13,14). The fourth-order valence-corrected chi connectivity index (χ4v) is 2.78. The molecule has 2 N–H and O–H groups in total. The summed E-state index contributed by atoms with van der Waals surface area (Å²) in [6.45, 7) is 1.80. The average molecular weight is 305 g/mol. The Labute approximate surface area is 120 Å². The lowest BCUT2D eigenvalue weighted by Gasteiger charge is -2.10. The van der Waals surface area contributed by atoms with E-state index in [0.29, 0.717) is 17.1 Å². The van der Waals surface area contributed by atoms with Crippen molar-refractivity contribution in [1.82, 2.24) is 20.4 Å². The minimum absolute atomic E-state index is 0.0603. The molecule has 3 aromatic rings. The van der Waals surface area contributed by atoms with Crippen molar-refractivity contribution in [2.24, 2.45) is 0 Å². The maximum Gasteiger partial charge on any atom is 0.265 e. The third kappa shape index (κ3) is 2.63. The fourth-order valence-electron chi connectivity index (χ4n) is 1.75. The second-order valence-electron chi connectivity index (χ2n) is 4.31. The van der Waals surface area contributed by atoms with Crippen molar-refractivity contribution in [2.75, 3.05) is 4.72 Å². The Morgan fingerprint density at radius 3 is 2.86 bits per heavy atom. The Bertz CT molecular complexity index is 841. The number of nitrogens with one attached hydrogen (secondary N) is 2. The van der Waals surface area contributed by atoms with Crippen molar-refractivity contribution >= 4 is 15.7 Å². The average Bonchev–Trinajstić information content (AvgIpc) is 3.14. The summed E-state index contributed by atoms with van der Waals surface area (Å²) in [6.07, 6.45) is 3.75. The summed E-state index contributed by atoms with van der Waals surface area (Å²) in [5.41, 5.74) is 1.83. The first kappa shape index (κ1) is 13.3. The summed E-state index contributed by atoms with van der Waals surface area (Å²) in [5.74, 6) is 0.318. The number of rotatable bonds is 4. The first-order valence-corrected chi connectivity index (χ1v) is 7.43. The van der Waals surface area contributed by atoms with E-state index in [1.165, 1.54) is 18.8 Å². The van der Waals surface area contributed by atoms with Crippen LogP contribution < -0.4 is 4.72 Å². The molecule has 0 unspecified atom stereocenters. The Kier molecular flexibility index (Phi) is 3.18. The van der Waals surface area contributed by atoms with Gasteiger partial charge in [0.05, 0.1) is 11.9 Å². The summed E-state index contributed by atoms with van der Waals surface area (Å²) >= 11 is 0. The number of aryl methyl sites for hydroxylation is 1. The predicted octanol–water partition coefficient (Wildman–Crippen LogP) is 1.57. The molecule has 0 aliphatic rings. The van der Waals surface area contributed by atoms with Gasteiger partial charge in [-0.25, -0.2) is 8.42 Å². The highest BCUT2D eigenvalue weighted by Gasteiger charge is 2.17. The molecule has 108 valence electrons. The molecular weight excluding hydrogens is 294 g/mol. The molecule has 0 atom stereocenters. The van der Waals surface area contributed by atoms with Gasteiger partial charge in [-0.05, 0) is 24.6 Å². The molecule has 0 aliphatic carbocycles. The van der Waals surface area contributed by atoms with Crippen molar-refractivity contribution in [2.45, 2.75) is 11.8 Å². The van der Waals surface area contributed by atoms with Gasteiger partial charge in [-0.1, -0.05) is 6.07 Å². The van der Waals surface area contributed by atoms with Crippen molar-refractivity contribution in [3.05, 3.63) is 42.5 Å². The maximum atomic E-state index is 12.2. The highest BCUT2D eigenvalue weighted by molar-refractivity contribution is 7.92. The van der Waals surface area contributed by atoms with E-state index in [1.807, 2.05) is 0 Å². The van der Waals surface area contributed by atoms with Crippen molar-refractivity contribution in [3.8, 4) is 11.5 Å². The van der Waals surface area contributed by atoms with Gasteiger partial charge in [0.1, 0.15) is 4.90 Å². The number of hydrogen-bond acceptors (Lipinski definition) is 6. The van der Waals surface area contributed by atoms with Crippen LogP contribution in [-0.2, 0) is 10.0 Å². The van der Waals surface area contributed by atoms with Crippen LogP contribution in [0.15, 0.2) is 46.3 Å². The molecule has 0 radical (unpaired) electrons. The van der Waals surface area contributed by atoms with Gasteiger partial charge >= 0.3 is 0 Å². The molecule has 0 amide bonds. The van der Waals surface area contributed by atoms with Gasteiger partial charge in [0.15, 0.2) is 0 Å². The number of hydrogen-bond donors (Lipinski definition) is 2. The number of aromatic amines is 1. The third-order valence-electron chi connectivity index (χ3n) is 2.87. The fraction of sp³-hybridized carbons (Fsp3) is 0.0833. The van der Waals surface area contributed by atoms with Crippen LogP contribution in [0.25, 0.3) is 11.5 Å². The van der Waals surface area contributed by atoms with Crippen LogP contribution in [0.1, 0.15) is 5.56 Å². The summed E-state index contributed by atoms with van der Waals surface area (Å²) < 4.78 is 32.0. The first-order chi connectivity index (χ1) is 10.1. The smallest absolute Gasteiger partial charge is 0.265 e. The summed E-state index contributed by atoms with van der Waals surface area (Å²) in [7, 11) is -3.69. The third-order valence-corrected chi connectivity index (χ3v) is 4.20. The van der Waals surface area contributed by atoms with Crippen molar-refractivity contribution in [3.63, 3.8) is 0 Å². The van der Waals surface area contributed by atoms with E-state index in [2.05, 4.69) is 25.1 Å². The zero-order valence-electron chi connectivity index (χ0n) is 10.9. The molecular formula is C12H11N5O3S. The van der Waals surface area contributed by atoms with Crippen LogP contribution in [0.2, 0.25) is 0 Å². The maximum absolute atomic E-state index is 12.2. The number of sulfonamides is 1. The second kappa shape index (κ2) is 5.02. The van der Waals surface area contributed by atoms with E-state index >= 15 is 0 Å². The minimum Gasteiger partial charge on any atom is -0.423 e. The highest BCUT2D eigenvalue weighted by Crippen LogP contribution is 2.25. The lowest BCUT2D eigenvalue weighted by Crippen LogP contribution is -2.13. The number of benzene rings is 1. The van der Waals surface area contributed by atoms with Crippen molar-refractivity contribution in [1.29, 1.82) is 0 Å². The topological polar surface area (TPSA) is 114 Å². The van der Waals surface area contributed by atoms with Crippen LogP contribution in [-0.4, -0.2) is 28.8 Å². The van der Waals surface area contributed by atoms with Crippen LogP contribution in [0.4, 0.5) is 5.69 Å². The molecule has 3 rings (SSSR count). The van der Waals surface area contributed by atoms with Crippen LogP contribution in [0.5, 0.6) is 0 Å². The zero-order chi connectivity index (χ0) is 14.9. The summed E-state index contributed by atoms with van der Waals surface area (Å²) in [6, 6.07) is 5.19. The van der Waals surface area contributed by atoms with Gasteiger partial charge in [-0.15, -0.1) is 10.2 Å². The van der Waals surface area contributed by atoms with Gasteiger partial charge in [-0.3, -0.25) is 9.82 Å². The van der Waals surface area contributed by atoms with Crippen LogP contribution >= 0.6 is 0 Å². The molecule has 8 nitrogen and oxygen atoms in total. The van der Waals surface area contributed by atoms with Gasteiger partial charge in [-0.2, -0.15) is 5.10 Å². The number of aromatic nitrogens is 4. The lowest BCUT2D eigenvalue weighted by atomic mass is 10.1. The van der Waals surface area contributed by atoms with E-state index < -0.39 is 10.0 Å². The zero-order valence-corrected chi connectivity index (χ0v) is 11.8. The van der Waals surface area contributed by atoms with E-state index in [0.717, 1.165) is 5.56 Å². The van der Waals surface area contributed by atoms with Crippen LogP contribution in [0, 0.1) is 6.92 Å². The number of H-pyrrole nitrogens is 1. The molecule has 9 heteroatoms. The van der Waals surface area contributed by atoms with E-state index in [4.69, 9.17) is 4.42 Å².